The standard InChI is InChI=1S/C13H19BrOS/c1-8-5-9(2)7-10(6-8)13(15)11-3-4-12(14)16-11/h3-4,8-10,13,15H,5-7H2,1-2H3. The van der Waals surface area contributed by atoms with Crippen molar-refractivity contribution in [3.05, 3.63) is 20.8 Å². The minimum Gasteiger partial charge on any atom is -0.387 e. The smallest absolute Gasteiger partial charge is 0.0910 e. The molecule has 0 amide bonds. The van der Waals surface area contributed by atoms with Gasteiger partial charge >= 0.3 is 0 Å². The van der Waals surface area contributed by atoms with Gasteiger partial charge in [-0.3, -0.25) is 0 Å². The minimum absolute atomic E-state index is 0.263. The van der Waals surface area contributed by atoms with Crippen LogP contribution in [0.5, 0.6) is 0 Å². The van der Waals surface area contributed by atoms with Crippen LogP contribution < -0.4 is 0 Å². The number of hydrogen-bond donors (Lipinski definition) is 1. The minimum atomic E-state index is -0.263. The van der Waals surface area contributed by atoms with Crippen LogP contribution in [0.15, 0.2) is 15.9 Å². The second-order valence-corrected chi connectivity index (χ2v) is 7.76. The molecule has 1 aliphatic carbocycles. The monoisotopic (exact) mass is 302 g/mol. The fourth-order valence-electron chi connectivity index (χ4n) is 2.99. The van der Waals surface area contributed by atoms with Crippen molar-refractivity contribution in [1.29, 1.82) is 0 Å². The van der Waals surface area contributed by atoms with Crippen LogP contribution in [0.1, 0.15) is 44.1 Å². The molecule has 90 valence electrons. The molecule has 1 aromatic rings. The summed E-state index contributed by atoms with van der Waals surface area (Å²) in [6.45, 7) is 4.61. The average Bonchev–Trinajstić information content (AvgIpc) is 2.62. The summed E-state index contributed by atoms with van der Waals surface area (Å²) in [6, 6.07) is 4.07. The van der Waals surface area contributed by atoms with Crippen molar-refractivity contribution in [3.63, 3.8) is 0 Å². The maximum atomic E-state index is 10.4. The summed E-state index contributed by atoms with van der Waals surface area (Å²) >= 11 is 5.11. The molecule has 0 aliphatic heterocycles. The Balaban J connectivity index is 2.06. The first-order valence-corrected chi connectivity index (χ1v) is 7.60. The van der Waals surface area contributed by atoms with Crippen molar-refractivity contribution >= 4 is 27.3 Å². The highest BCUT2D eigenvalue weighted by Crippen LogP contribution is 2.41. The van der Waals surface area contributed by atoms with Crippen LogP contribution in [-0.4, -0.2) is 5.11 Å². The Morgan fingerprint density at radius 1 is 1.25 bits per heavy atom. The lowest BCUT2D eigenvalue weighted by molar-refractivity contribution is 0.0577. The molecule has 0 saturated heterocycles. The van der Waals surface area contributed by atoms with Crippen molar-refractivity contribution in [2.75, 3.05) is 0 Å². The van der Waals surface area contributed by atoms with E-state index in [0.29, 0.717) is 5.92 Å². The Kier molecular flexibility index (Phi) is 4.09. The normalized spacial score (nSPS) is 32.6. The molecule has 3 atom stereocenters. The number of hydrogen-bond acceptors (Lipinski definition) is 2. The molecule has 1 aromatic heterocycles. The van der Waals surface area contributed by atoms with E-state index in [0.717, 1.165) is 20.5 Å². The summed E-state index contributed by atoms with van der Waals surface area (Å²) < 4.78 is 1.11. The molecule has 1 aliphatic rings. The van der Waals surface area contributed by atoms with Gasteiger partial charge in [-0.1, -0.05) is 13.8 Å². The molecule has 3 unspecified atom stereocenters. The van der Waals surface area contributed by atoms with Crippen molar-refractivity contribution in [2.45, 2.75) is 39.2 Å². The average molecular weight is 303 g/mol. The van der Waals surface area contributed by atoms with Crippen LogP contribution in [0.3, 0.4) is 0 Å². The SMILES string of the molecule is CC1CC(C)CC(C(O)c2ccc(Br)s2)C1. The number of rotatable bonds is 2. The molecule has 16 heavy (non-hydrogen) atoms. The molecular weight excluding hydrogens is 284 g/mol. The van der Waals surface area contributed by atoms with Crippen LogP contribution >= 0.6 is 27.3 Å². The van der Waals surface area contributed by atoms with E-state index in [4.69, 9.17) is 0 Å². The molecule has 3 heteroatoms. The maximum Gasteiger partial charge on any atom is 0.0910 e. The molecule has 0 radical (unpaired) electrons. The first kappa shape index (κ1) is 12.6. The molecule has 0 spiro atoms. The largest absolute Gasteiger partial charge is 0.387 e. The molecule has 1 fully saturated rings. The van der Waals surface area contributed by atoms with E-state index >= 15 is 0 Å². The van der Waals surface area contributed by atoms with Gasteiger partial charge in [0.15, 0.2) is 0 Å². The second kappa shape index (κ2) is 5.19. The highest BCUT2D eigenvalue weighted by Gasteiger charge is 2.30. The Bertz CT molecular complexity index is 339. The molecular formula is C13H19BrOS. The summed E-state index contributed by atoms with van der Waals surface area (Å²) in [4.78, 5) is 1.11. The lowest BCUT2D eigenvalue weighted by Crippen LogP contribution is -2.24. The lowest BCUT2D eigenvalue weighted by atomic mass is 9.74. The van der Waals surface area contributed by atoms with Crippen LogP contribution in [0.2, 0.25) is 0 Å². The Hall–Kier alpha value is 0.140. The predicted molar refractivity (Wildman–Crippen MR) is 72.6 cm³/mol. The summed E-state index contributed by atoms with van der Waals surface area (Å²) in [5.41, 5.74) is 0. The van der Waals surface area contributed by atoms with Gasteiger partial charge in [-0.15, -0.1) is 11.3 Å². The molecule has 0 bridgehead atoms. The number of aliphatic hydroxyl groups is 1. The van der Waals surface area contributed by atoms with Crippen LogP contribution in [-0.2, 0) is 0 Å². The van der Waals surface area contributed by atoms with Gasteiger partial charge < -0.3 is 5.11 Å². The van der Waals surface area contributed by atoms with Gasteiger partial charge in [-0.05, 0) is 65.1 Å². The Morgan fingerprint density at radius 2 is 1.88 bits per heavy atom. The van der Waals surface area contributed by atoms with E-state index < -0.39 is 0 Å². The molecule has 1 saturated carbocycles. The topological polar surface area (TPSA) is 20.2 Å². The second-order valence-electron chi connectivity index (χ2n) is 5.26. The van der Waals surface area contributed by atoms with E-state index in [-0.39, 0.29) is 6.10 Å². The van der Waals surface area contributed by atoms with E-state index in [1.807, 2.05) is 12.1 Å². The van der Waals surface area contributed by atoms with Gasteiger partial charge in [0.05, 0.1) is 9.89 Å². The highest BCUT2D eigenvalue weighted by atomic mass is 79.9. The molecule has 1 nitrogen and oxygen atoms in total. The van der Waals surface area contributed by atoms with Crippen molar-refractivity contribution in [3.8, 4) is 0 Å². The van der Waals surface area contributed by atoms with Gasteiger partial charge in [0.2, 0.25) is 0 Å². The molecule has 1 heterocycles. The molecule has 1 N–H and O–H groups in total. The third-order valence-electron chi connectivity index (χ3n) is 3.55. The Labute approximate surface area is 110 Å². The zero-order valence-electron chi connectivity index (χ0n) is 9.82. The van der Waals surface area contributed by atoms with Crippen molar-refractivity contribution < 1.29 is 5.11 Å². The van der Waals surface area contributed by atoms with E-state index in [1.54, 1.807) is 11.3 Å². The van der Waals surface area contributed by atoms with Gasteiger partial charge in [0, 0.05) is 4.88 Å². The number of aliphatic hydroxyl groups excluding tert-OH is 1. The quantitative estimate of drug-likeness (QED) is 0.845. The third kappa shape index (κ3) is 2.88. The van der Waals surface area contributed by atoms with Crippen molar-refractivity contribution in [2.24, 2.45) is 17.8 Å². The number of thiophene rings is 1. The van der Waals surface area contributed by atoms with Gasteiger partial charge in [0.1, 0.15) is 0 Å². The van der Waals surface area contributed by atoms with Gasteiger partial charge in [-0.25, -0.2) is 0 Å². The fourth-order valence-corrected chi connectivity index (χ4v) is 4.49. The first-order valence-electron chi connectivity index (χ1n) is 5.99. The summed E-state index contributed by atoms with van der Waals surface area (Å²) in [7, 11) is 0. The lowest BCUT2D eigenvalue weighted by Gasteiger charge is -2.34. The van der Waals surface area contributed by atoms with Gasteiger partial charge in [-0.2, -0.15) is 0 Å². The maximum absolute atomic E-state index is 10.4. The zero-order valence-corrected chi connectivity index (χ0v) is 12.2. The summed E-state index contributed by atoms with van der Waals surface area (Å²) in [5.74, 6) is 1.96. The van der Waals surface area contributed by atoms with Crippen LogP contribution in [0.25, 0.3) is 0 Å². The van der Waals surface area contributed by atoms with E-state index in [2.05, 4.69) is 29.8 Å². The highest BCUT2D eigenvalue weighted by molar-refractivity contribution is 9.11. The molecule has 0 aromatic carbocycles. The third-order valence-corrected chi connectivity index (χ3v) is 5.24. The van der Waals surface area contributed by atoms with Crippen LogP contribution in [0, 0.1) is 17.8 Å². The summed E-state index contributed by atoms with van der Waals surface area (Å²) in [6.07, 6.45) is 3.39. The van der Waals surface area contributed by atoms with E-state index in [9.17, 15) is 5.11 Å². The van der Waals surface area contributed by atoms with Crippen LogP contribution in [0.4, 0.5) is 0 Å². The van der Waals surface area contributed by atoms with Gasteiger partial charge in [0.25, 0.3) is 0 Å². The Morgan fingerprint density at radius 3 is 2.38 bits per heavy atom. The number of halogens is 1. The zero-order chi connectivity index (χ0) is 11.7. The van der Waals surface area contributed by atoms with Crippen molar-refractivity contribution in [1.82, 2.24) is 0 Å². The predicted octanol–water partition coefficient (Wildman–Crippen LogP) is 4.62. The van der Waals surface area contributed by atoms with E-state index in [1.165, 1.54) is 19.3 Å². The first-order chi connectivity index (χ1) is 7.56. The molecule has 2 rings (SSSR count). The fraction of sp³-hybridized carbons (Fsp3) is 0.692. The summed E-state index contributed by atoms with van der Waals surface area (Å²) in [5, 5.41) is 10.4.